The minimum absolute atomic E-state index is 0.0730. The Kier molecular flexibility index (Phi) is 3.71. The van der Waals surface area contributed by atoms with E-state index in [0.29, 0.717) is 17.8 Å². The van der Waals surface area contributed by atoms with E-state index in [1.54, 1.807) is 7.11 Å². The van der Waals surface area contributed by atoms with Gasteiger partial charge in [0.25, 0.3) is 0 Å². The molecule has 1 heterocycles. The van der Waals surface area contributed by atoms with Crippen LogP contribution in [0.2, 0.25) is 0 Å². The van der Waals surface area contributed by atoms with Crippen LogP contribution in [0.5, 0.6) is 0 Å². The Bertz CT molecular complexity index is 140. The number of rotatable bonds is 2. The number of hydrogen-bond acceptors (Lipinski definition) is 3. The monoisotopic (exact) mass is 188 g/mol. The van der Waals surface area contributed by atoms with Gasteiger partial charge in [-0.05, 0) is 11.8 Å². The lowest BCUT2D eigenvalue weighted by atomic mass is 9.79. The summed E-state index contributed by atoms with van der Waals surface area (Å²) in [4.78, 5) is 0. The van der Waals surface area contributed by atoms with Crippen molar-refractivity contribution in [2.45, 2.75) is 33.2 Å². The Morgan fingerprint density at radius 2 is 1.77 bits per heavy atom. The average molecular weight is 188 g/mol. The van der Waals surface area contributed by atoms with Crippen LogP contribution in [0.15, 0.2) is 0 Å². The van der Waals surface area contributed by atoms with Crippen molar-refractivity contribution in [3.63, 3.8) is 0 Å². The zero-order chi connectivity index (χ0) is 10.0. The summed E-state index contributed by atoms with van der Waals surface area (Å²) in [5.74, 6) is 1.31. The molecule has 1 aliphatic rings. The van der Waals surface area contributed by atoms with Crippen LogP contribution in [0, 0.1) is 17.8 Å². The molecule has 1 N–H and O–H groups in total. The number of ether oxygens (including phenoxy) is 2. The van der Waals surface area contributed by atoms with Gasteiger partial charge in [0.15, 0.2) is 6.29 Å². The fourth-order valence-electron chi connectivity index (χ4n) is 1.96. The molecule has 1 rings (SSSR count). The molecule has 3 nitrogen and oxygen atoms in total. The molecule has 0 aromatic carbocycles. The third kappa shape index (κ3) is 2.03. The minimum atomic E-state index is -0.164. The fraction of sp³-hybridized carbons (Fsp3) is 1.00. The van der Waals surface area contributed by atoms with Gasteiger partial charge in [-0.1, -0.05) is 20.8 Å². The summed E-state index contributed by atoms with van der Waals surface area (Å²) >= 11 is 0. The van der Waals surface area contributed by atoms with Crippen molar-refractivity contribution in [3.05, 3.63) is 0 Å². The molecule has 3 unspecified atom stereocenters. The Morgan fingerprint density at radius 1 is 1.15 bits per heavy atom. The molecule has 1 fully saturated rings. The first-order valence-corrected chi connectivity index (χ1v) is 4.91. The predicted molar refractivity (Wildman–Crippen MR) is 50.2 cm³/mol. The molecule has 0 radical (unpaired) electrons. The van der Waals surface area contributed by atoms with Crippen molar-refractivity contribution in [3.8, 4) is 0 Å². The second-order valence-electron chi connectivity index (χ2n) is 4.04. The van der Waals surface area contributed by atoms with Crippen LogP contribution in [-0.2, 0) is 9.47 Å². The third-order valence-corrected chi connectivity index (χ3v) is 3.40. The van der Waals surface area contributed by atoms with E-state index >= 15 is 0 Å². The van der Waals surface area contributed by atoms with Crippen LogP contribution in [0.4, 0.5) is 0 Å². The van der Waals surface area contributed by atoms with Gasteiger partial charge >= 0.3 is 0 Å². The maximum atomic E-state index is 9.10. The van der Waals surface area contributed by atoms with Crippen LogP contribution in [0.25, 0.3) is 0 Å². The van der Waals surface area contributed by atoms with Crippen LogP contribution >= 0.6 is 0 Å². The zero-order valence-corrected chi connectivity index (χ0v) is 8.86. The van der Waals surface area contributed by atoms with Gasteiger partial charge in [0.05, 0.1) is 12.7 Å². The highest BCUT2D eigenvalue weighted by Crippen LogP contribution is 2.34. The van der Waals surface area contributed by atoms with Crippen LogP contribution in [0.3, 0.4) is 0 Å². The maximum Gasteiger partial charge on any atom is 0.160 e. The summed E-state index contributed by atoms with van der Waals surface area (Å²) in [5.41, 5.74) is 0. The van der Waals surface area contributed by atoms with E-state index < -0.39 is 0 Å². The summed E-state index contributed by atoms with van der Waals surface area (Å²) < 4.78 is 10.8. The molecule has 0 spiro atoms. The second-order valence-corrected chi connectivity index (χ2v) is 4.04. The lowest BCUT2D eigenvalue weighted by Crippen LogP contribution is -2.46. The normalized spacial score (nSPS) is 46.4. The second kappa shape index (κ2) is 4.40. The van der Waals surface area contributed by atoms with Gasteiger partial charge < -0.3 is 14.6 Å². The first-order valence-electron chi connectivity index (χ1n) is 4.91. The lowest BCUT2D eigenvalue weighted by molar-refractivity contribution is -0.244. The van der Waals surface area contributed by atoms with Gasteiger partial charge in [0.1, 0.15) is 0 Å². The first-order chi connectivity index (χ1) is 6.11. The highest BCUT2D eigenvalue weighted by molar-refractivity contribution is 4.82. The van der Waals surface area contributed by atoms with Gasteiger partial charge in [-0.2, -0.15) is 0 Å². The summed E-state index contributed by atoms with van der Waals surface area (Å²) in [6.45, 7) is 6.52. The van der Waals surface area contributed by atoms with Crippen LogP contribution in [0.1, 0.15) is 20.8 Å². The number of aliphatic hydroxyl groups excluding tert-OH is 1. The number of hydrogen-bond donors (Lipinski definition) is 1. The molecular formula is C10H20O3. The molecular weight excluding hydrogens is 168 g/mol. The Hall–Kier alpha value is -0.120. The molecule has 78 valence electrons. The molecule has 1 saturated heterocycles. The van der Waals surface area contributed by atoms with Gasteiger partial charge in [0.2, 0.25) is 0 Å². The molecule has 3 heteroatoms. The van der Waals surface area contributed by atoms with E-state index in [4.69, 9.17) is 14.6 Å². The third-order valence-electron chi connectivity index (χ3n) is 3.40. The maximum absolute atomic E-state index is 9.10. The van der Waals surface area contributed by atoms with Gasteiger partial charge in [-0.15, -0.1) is 0 Å². The number of methoxy groups -OCH3 is 1. The summed E-state index contributed by atoms with van der Waals surface area (Å²) in [6.07, 6.45) is -0.237. The van der Waals surface area contributed by atoms with Crippen molar-refractivity contribution < 1.29 is 14.6 Å². The molecule has 0 aromatic rings. The summed E-state index contributed by atoms with van der Waals surface area (Å²) in [6, 6.07) is 0. The minimum Gasteiger partial charge on any atom is -0.394 e. The fourth-order valence-corrected chi connectivity index (χ4v) is 1.96. The largest absolute Gasteiger partial charge is 0.394 e. The Labute approximate surface area is 80.0 Å². The van der Waals surface area contributed by atoms with Crippen molar-refractivity contribution >= 4 is 0 Å². The molecule has 1 aliphatic heterocycles. The lowest BCUT2D eigenvalue weighted by Gasteiger charge is -2.42. The van der Waals surface area contributed by atoms with Crippen molar-refractivity contribution in [2.75, 3.05) is 13.7 Å². The highest BCUT2D eigenvalue weighted by Gasteiger charge is 2.38. The molecule has 0 aliphatic carbocycles. The summed E-state index contributed by atoms with van der Waals surface area (Å²) in [7, 11) is 1.65. The van der Waals surface area contributed by atoms with Gasteiger partial charge in [-0.3, -0.25) is 0 Å². The van der Waals surface area contributed by atoms with E-state index in [2.05, 4.69) is 20.8 Å². The zero-order valence-electron chi connectivity index (χ0n) is 8.86. The van der Waals surface area contributed by atoms with E-state index in [1.807, 2.05) is 0 Å². The summed E-state index contributed by atoms with van der Waals surface area (Å²) in [5, 5.41) is 9.10. The van der Waals surface area contributed by atoms with Crippen LogP contribution in [-0.4, -0.2) is 31.2 Å². The molecule has 5 atom stereocenters. The smallest absolute Gasteiger partial charge is 0.160 e. The van der Waals surface area contributed by atoms with Gasteiger partial charge in [-0.25, -0.2) is 0 Å². The Morgan fingerprint density at radius 3 is 2.23 bits per heavy atom. The predicted octanol–water partition coefficient (Wildman–Crippen LogP) is 1.26. The van der Waals surface area contributed by atoms with Crippen molar-refractivity contribution in [1.82, 2.24) is 0 Å². The van der Waals surface area contributed by atoms with Gasteiger partial charge in [0, 0.05) is 13.0 Å². The molecule has 0 aromatic heterocycles. The quantitative estimate of drug-likeness (QED) is 0.709. The van der Waals surface area contributed by atoms with E-state index in [0.717, 1.165) is 0 Å². The van der Waals surface area contributed by atoms with E-state index in [-0.39, 0.29) is 19.0 Å². The number of aliphatic hydroxyl groups is 1. The standard InChI is InChI=1S/C10H20O3/c1-6-7(2)9(5-11)13-10(12-4)8(6)3/h6-11H,5H2,1-4H3/t6?,7-,8+,9?,10?/m1/s1. The van der Waals surface area contributed by atoms with Crippen molar-refractivity contribution in [2.24, 2.45) is 17.8 Å². The van der Waals surface area contributed by atoms with E-state index in [9.17, 15) is 0 Å². The average Bonchev–Trinajstić information content (AvgIpc) is 2.15. The van der Waals surface area contributed by atoms with Crippen LogP contribution < -0.4 is 0 Å². The topological polar surface area (TPSA) is 38.7 Å². The first kappa shape index (κ1) is 11.0. The highest BCUT2D eigenvalue weighted by atomic mass is 16.7. The Balaban J connectivity index is 2.66. The molecule has 13 heavy (non-hydrogen) atoms. The molecule has 0 saturated carbocycles. The molecule has 0 bridgehead atoms. The SMILES string of the molecule is COC1OC(CO)[C@H](C)C(C)[C@@H]1C. The van der Waals surface area contributed by atoms with Crippen molar-refractivity contribution in [1.29, 1.82) is 0 Å². The molecule has 0 amide bonds. The van der Waals surface area contributed by atoms with E-state index in [1.165, 1.54) is 0 Å².